The lowest BCUT2D eigenvalue weighted by molar-refractivity contribution is -0.132. The zero-order valence-corrected chi connectivity index (χ0v) is 13.7. The smallest absolute Gasteiger partial charge is 0.314 e. The first kappa shape index (κ1) is 16.7. The standard InChI is InChI=1S/C19H19N3O3/c23-17-11-4-5-12-22(17)16-10-6-9-15(13-16)21-19(25)18(24)20-14-7-2-1-3-8-14/h1-3,6-10,13H,4-5,11-12H2,(H,20,24)(H,21,25). The molecular formula is C19H19N3O3. The summed E-state index contributed by atoms with van der Waals surface area (Å²) in [5.74, 6) is -1.42. The molecule has 0 unspecified atom stereocenters. The lowest BCUT2D eigenvalue weighted by Gasteiger charge is -2.27. The highest BCUT2D eigenvalue weighted by Crippen LogP contribution is 2.23. The number of carbonyl (C=O) groups is 3. The van der Waals surface area contributed by atoms with Crippen molar-refractivity contribution >= 4 is 34.8 Å². The van der Waals surface area contributed by atoms with Crippen molar-refractivity contribution in [2.45, 2.75) is 19.3 Å². The van der Waals surface area contributed by atoms with E-state index in [0.29, 0.717) is 24.3 Å². The highest BCUT2D eigenvalue weighted by atomic mass is 16.2. The second-order valence-corrected chi connectivity index (χ2v) is 5.83. The highest BCUT2D eigenvalue weighted by molar-refractivity contribution is 6.43. The van der Waals surface area contributed by atoms with Gasteiger partial charge in [-0.05, 0) is 43.2 Å². The van der Waals surface area contributed by atoms with Crippen molar-refractivity contribution in [1.82, 2.24) is 0 Å². The molecule has 128 valence electrons. The normalized spacial score (nSPS) is 14.1. The molecule has 1 saturated heterocycles. The molecule has 0 bridgehead atoms. The Morgan fingerprint density at radius 2 is 1.52 bits per heavy atom. The molecular weight excluding hydrogens is 318 g/mol. The van der Waals surface area contributed by atoms with Gasteiger partial charge in [0, 0.05) is 30.0 Å². The van der Waals surface area contributed by atoms with Crippen LogP contribution < -0.4 is 15.5 Å². The number of hydrogen-bond acceptors (Lipinski definition) is 3. The molecule has 1 fully saturated rings. The molecule has 0 radical (unpaired) electrons. The average molecular weight is 337 g/mol. The number of piperidine rings is 1. The molecule has 25 heavy (non-hydrogen) atoms. The lowest BCUT2D eigenvalue weighted by Crippen LogP contribution is -2.35. The number of benzene rings is 2. The number of hydrogen-bond donors (Lipinski definition) is 2. The van der Waals surface area contributed by atoms with Gasteiger partial charge >= 0.3 is 11.8 Å². The van der Waals surface area contributed by atoms with Crippen LogP contribution in [0.15, 0.2) is 54.6 Å². The molecule has 2 aromatic rings. The van der Waals surface area contributed by atoms with E-state index in [1.54, 1.807) is 47.4 Å². The number of para-hydroxylation sites is 1. The van der Waals surface area contributed by atoms with Gasteiger partial charge in [0.05, 0.1) is 0 Å². The third-order valence-electron chi connectivity index (χ3n) is 3.98. The van der Waals surface area contributed by atoms with Gasteiger partial charge in [-0.1, -0.05) is 24.3 Å². The quantitative estimate of drug-likeness (QED) is 0.845. The minimum atomic E-state index is -0.758. The molecule has 1 aliphatic rings. The molecule has 2 N–H and O–H groups in total. The first-order valence-corrected chi connectivity index (χ1v) is 8.21. The van der Waals surface area contributed by atoms with Gasteiger partial charge in [-0.2, -0.15) is 0 Å². The fourth-order valence-electron chi connectivity index (χ4n) is 2.73. The number of anilines is 3. The largest absolute Gasteiger partial charge is 0.318 e. The monoisotopic (exact) mass is 337 g/mol. The highest BCUT2D eigenvalue weighted by Gasteiger charge is 2.20. The van der Waals surface area contributed by atoms with Gasteiger partial charge in [-0.15, -0.1) is 0 Å². The predicted octanol–water partition coefficient (Wildman–Crippen LogP) is 2.78. The Labute approximate surface area is 145 Å². The summed E-state index contributed by atoms with van der Waals surface area (Å²) in [5, 5.41) is 5.10. The van der Waals surface area contributed by atoms with E-state index in [4.69, 9.17) is 0 Å². The molecule has 0 aliphatic carbocycles. The van der Waals surface area contributed by atoms with Crippen LogP contribution in [0.5, 0.6) is 0 Å². The van der Waals surface area contributed by atoms with E-state index in [9.17, 15) is 14.4 Å². The minimum absolute atomic E-state index is 0.0801. The minimum Gasteiger partial charge on any atom is -0.318 e. The summed E-state index contributed by atoms with van der Waals surface area (Å²) in [6.45, 7) is 0.671. The maximum Gasteiger partial charge on any atom is 0.314 e. The molecule has 1 aliphatic heterocycles. The van der Waals surface area contributed by atoms with E-state index in [1.807, 2.05) is 12.1 Å². The molecule has 6 heteroatoms. The van der Waals surface area contributed by atoms with Gasteiger partial charge in [-0.25, -0.2) is 0 Å². The van der Waals surface area contributed by atoms with Crippen molar-refractivity contribution in [2.24, 2.45) is 0 Å². The van der Waals surface area contributed by atoms with E-state index < -0.39 is 11.8 Å². The summed E-state index contributed by atoms with van der Waals surface area (Å²) in [4.78, 5) is 37.8. The summed E-state index contributed by atoms with van der Waals surface area (Å²) in [6, 6.07) is 15.7. The van der Waals surface area contributed by atoms with Crippen molar-refractivity contribution in [3.63, 3.8) is 0 Å². The molecule has 1 heterocycles. The lowest BCUT2D eigenvalue weighted by atomic mass is 10.1. The van der Waals surface area contributed by atoms with Gasteiger partial charge in [0.1, 0.15) is 0 Å². The van der Waals surface area contributed by atoms with Gasteiger partial charge in [0.25, 0.3) is 0 Å². The third kappa shape index (κ3) is 4.23. The molecule has 3 amide bonds. The van der Waals surface area contributed by atoms with Crippen LogP contribution in [0.1, 0.15) is 19.3 Å². The fourth-order valence-corrected chi connectivity index (χ4v) is 2.73. The van der Waals surface area contributed by atoms with Crippen molar-refractivity contribution in [2.75, 3.05) is 22.1 Å². The Balaban J connectivity index is 1.66. The second kappa shape index (κ2) is 7.61. The average Bonchev–Trinajstić information content (AvgIpc) is 2.63. The van der Waals surface area contributed by atoms with Crippen LogP contribution >= 0.6 is 0 Å². The van der Waals surface area contributed by atoms with Crippen LogP contribution in [0.2, 0.25) is 0 Å². The van der Waals surface area contributed by atoms with Gasteiger partial charge in [-0.3, -0.25) is 14.4 Å². The van der Waals surface area contributed by atoms with Gasteiger partial charge < -0.3 is 15.5 Å². The van der Waals surface area contributed by atoms with Crippen LogP contribution in [-0.4, -0.2) is 24.3 Å². The molecule has 6 nitrogen and oxygen atoms in total. The summed E-state index contributed by atoms with van der Waals surface area (Å²) in [7, 11) is 0. The van der Waals surface area contributed by atoms with E-state index in [-0.39, 0.29) is 5.91 Å². The number of carbonyl (C=O) groups excluding carboxylic acids is 3. The topological polar surface area (TPSA) is 78.5 Å². The Morgan fingerprint density at radius 3 is 2.24 bits per heavy atom. The Morgan fingerprint density at radius 1 is 0.840 bits per heavy atom. The van der Waals surface area contributed by atoms with Crippen LogP contribution in [0.4, 0.5) is 17.1 Å². The van der Waals surface area contributed by atoms with Crippen LogP contribution in [0.3, 0.4) is 0 Å². The molecule has 3 rings (SSSR count). The van der Waals surface area contributed by atoms with E-state index in [0.717, 1.165) is 18.5 Å². The number of amides is 3. The summed E-state index contributed by atoms with van der Waals surface area (Å²) >= 11 is 0. The summed E-state index contributed by atoms with van der Waals surface area (Å²) in [5.41, 5.74) is 1.75. The van der Waals surface area contributed by atoms with Crippen LogP contribution in [-0.2, 0) is 14.4 Å². The SMILES string of the molecule is O=C(Nc1ccccc1)C(=O)Nc1cccc(N2CCCCC2=O)c1. The molecule has 0 aromatic heterocycles. The van der Waals surface area contributed by atoms with E-state index in [2.05, 4.69) is 10.6 Å². The summed E-state index contributed by atoms with van der Waals surface area (Å²) < 4.78 is 0. The first-order chi connectivity index (χ1) is 12.1. The Hall–Kier alpha value is -3.15. The third-order valence-corrected chi connectivity index (χ3v) is 3.98. The number of nitrogens with one attached hydrogen (secondary N) is 2. The molecule has 0 saturated carbocycles. The van der Waals surface area contributed by atoms with Crippen molar-refractivity contribution in [3.05, 3.63) is 54.6 Å². The number of nitrogens with zero attached hydrogens (tertiary/aromatic N) is 1. The van der Waals surface area contributed by atoms with Gasteiger partial charge in [0.15, 0.2) is 0 Å². The fraction of sp³-hybridized carbons (Fsp3) is 0.211. The molecule has 0 spiro atoms. The zero-order chi connectivity index (χ0) is 17.6. The first-order valence-electron chi connectivity index (χ1n) is 8.21. The van der Waals surface area contributed by atoms with Crippen molar-refractivity contribution in [3.8, 4) is 0 Å². The zero-order valence-electron chi connectivity index (χ0n) is 13.7. The van der Waals surface area contributed by atoms with Crippen molar-refractivity contribution in [1.29, 1.82) is 0 Å². The molecule has 0 atom stereocenters. The van der Waals surface area contributed by atoms with E-state index in [1.165, 1.54) is 0 Å². The molecule has 2 aromatic carbocycles. The van der Waals surface area contributed by atoms with Gasteiger partial charge in [0.2, 0.25) is 5.91 Å². The van der Waals surface area contributed by atoms with Crippen LogP contribution in [0.25, 0.3) is 0 Å². The predicted molar refractivity (Wildman–Crippen MR) is 96.3 cm³/mol. The maximum absolute atomic E-state index is 12.1. The Kier molecular flexibility index (Phi) is 5.09. The van der Waals surface area contributed by atoms with Crippen molar-refractivity contribution < 1.29 is 14.4 Å². The second-order valence-electron chi connectivity index (χ2n) is 5.83. The number of rotatable bonds is 3. The van der Waals surface area contributed by atoms with Crippen LogP contribution in [0, 0.1) is 0 Å². The van der Waals surface area contributed by atoms with E-state index >= 15 is 0 Å². The Bertz CT molecular complexity index is 790. The maximum atomic E-state index is 12.1. The summed E-state index contributed by atoms with van der Waals surface area (Å²) in [6.07, 6.45) is 2.41.